The number of nitrogens with zero attached hydrogens (tertiary/aromatic N) is 4. The fraction of sp³-hybridized carbons (Fsp3) is 0.292. The molecule has 0 radical (unpaired) electrons. The molecule has 2 N–H and O–H groups in total. The number of amides is 1. The van der Waals surface area contributed by atoms with Crippen molar-refractivity contribution in [2.24, 2.45) is 7.05 Å². The van der Waals surface area contributed by atoms with Crippen molar-refractivity contribution < 1.29 is 13.9 Å². The summed E-state index contributed by atoms with van der Waals surface area (Å²) < 4.78 is 21.9. The van der Waals surface area contributed by atoms with Crippen molar-refractivity contribution in [1.29, 1.82) is 0 Å². The van der Waals surface area contributed by atoms with Crippen molar-refractivity contribution in [2.75, 3.05) is 19.4 Å². The number of rotatable bonds is 3. The number of hydrogen-bond donors (Lipinski definition) is 1. The number of ether oxygens (including phenoxy) is 1. The van der Waals surface area contributed by atoms with Crippen LogP contribution in [0.3, 0.4) is 0 Å². The summed E-state index contributed by atoms with van der Waals surface area (Å²) in [6.45, 7) is 2.27. The summed E-state index contributed by atoms with van der Waals surface area (Å²) in [6.07, 6.45) is 2.06. The normalized spacial score (nSPS) is 18.7. The van der Waals surface area contributed by atoms with E-state index in [-0.39, 0.29) is 17.8 Å². The van der Waals surface area contributed by atoms with Gasteiger partial charge in [-0.2, -0.15) is 5.10 Å². The smallest absolute Gasteiger partial charge is 0.254 e. The van der Waals surface area contributed by atoms with Crippen molar-refractivity contribution in [3.8, 4) is 0 Å². The van der Waals surface area contributed by atoms with Gasteiger partial charge < -0.3 is 15.4 Å². The second kappa shape index (κ2) is 7.56. The highest BCUT2D eigenvalue weighted by Crippen LogP contribution is 2.37. The van der Waals surface area contributed by atoms with Crippen LogP contribution in [0.4, 0.5) is 10.2 Å². The van der Waals surface area contributed by atoms with Crippen molar-refractivity contribution in [3.63, 3.8) is 0 Å². The van der Waals surface area contributed by atoms with Crippen LogP contribution in [0.5, 0.6) is 0 Å². The number of nitrogens with two attached hydrogens (primary N) is 1. The minimum atomic E-state index is -0.398. The summed E-state index contributed by atoms with van der Waals surface area (Å²) in [7, 11) is 3.45. The maximum Gasteiger partial charge on any atom is 0.254 e. The van der Waals surface area contributed by atoms with E-state index >= 15 is 0 Å². The zero-order valence-electron chi connectivity index (χ0n) is 18.2. The highest BCUT2D eigenvalue weighted by molar-refractivity contribution is 6.10. The number of nitrogen functional groups attached to an aromatic ring is 1. The molecule has 1 saturated heterocycles. The van der Waals surface area contributed by atoms with Gasteiger partial charge in [0.25, 0.3) is 5.91 Å². The summed E-state index contributed by atoms with van der Waals surface area (Å²) >= 11 is 0. The van der Waals surface area contributed by atoms with Gasteiger partial charge in [0.05, 0.1) is 34.8 Å². The third kappa shape index (κ3) is 3.10. The average Bonchev–Trinajstić information content (AvgIpc) is 3.38. The summed E-state index contributed by atoms with van der Waals surface area (Å²) in [5.41, 5.74) is 9.48. The van der Waals surface area contributed by atoms with Crippen LogP contribution >= 0.6 is 0 Å². The van der Waals surface area contributed by atoms with Gasteiger partial charge in [-0.3, -0.25) is 9.48 Å². The molecule has 1 aliphatic heterocycles. The van der Waals surface area contributed by atoms with E-state index in [1.165, 1.54) is 6.07 Å². The SMILES string of the molecule is COC1CC(c2ccccc2F)N(C(=O)c2cc3c(cc2C)nc(N)c2cnn(C)c23)C1. The maximum atomic E-state index is 14.6. The monoisotopic (exact) mass is 433 g/mol. The van der Waals surface area contributed by atoms with Crippen LogP contribution < -0.4 is 5.73 Å². The Bertz CT molecular complexity index is 1370. The molecule has 7 nitrogen and oxygen atoms in total. The third-order valence-electron chi connectivity index (χ3n) is 6.40. The Morgan fingerprint density at radius 3 is 2.78 bits per heavy atom. The lowest BCUT2D eigenvalue weighted by Crippen LogP contribution is -2.32. The molecule has 2 unspecified atom stereocenters. The fourth-order valence-corrected chi connectivity index (χ4v) is 4.73. The number of aromatic nitrogens is 3. The molecule has 164 valence electrons. The second-order valence-corrected chi connectivity index (χ2v) is 8.30. The lowest BCUT2D eigenvalue weighted by atomic mass is 10.00. The van der Waals surface area contributed by atoms with Gasteiger partial charge in [0.1, 0.15) is 11.6 Å². The van der Waals surface area contributed by atoms with E-state index in [0.29, 0.717) is 35.4 Å². The molecule has 2 aromatic carbocycles. The molecule has 1 aliphatic rings. The van der Waals surface area contributed by atoms with Gasteiger partial charge in [-0.15, -0.1) is 0 Å². The van der Waals surface area contributed by atoms with Crippen LogP contribution in [0.15, 0.2) is 42.6 Å². The molecule has 1 fully saturated rings. The number of benzene rings is 2. The third-order valence-corrected chi connectivity index (χ3v) is 6.40. The summed E-state index contributed by atoms with van der Waals surface area (Å²) in [6, 6.07) is 9.92. The minimum Gasteiger partial charge on any atom is -0.383 e. The molecule has 2 atom stereocenters. The molecule has 0 bridgehead atoms. The number of methoxy groups -OCH3 is 1. The van der Waals surface area contributed by atoms with Gasteiger partial charge >= 0.3 is 0 Å². The molecule has 1 amide bonds. The van der Waals surface area contributed by atoms with Crippen LogP contribution in [0, 0.1) is 12.7 Å². The summed E-state index contributed by atoms with van der Waals surface area (Å²) in [4.78, 5) is 20.0. The Labute approximate surface area is 184 Å². The molecular formula is C24H24FN5O2. The number of fused-ring (bicyclic) bond motifs is 3. The molecule has 3 heterocycles. The highest BCUT2D eigenvalue weighted by atomic mass is 19.1. The van der Waals surface area contributed by atoms with Crippen molar-refractivity contribution >= 4 is 33.5 Å². The Morgan fingerprint density at radius 2 is 2.03 bits per heavy atom. The van der Waals surface area contributed by atoms with Crippen LogP contribution in [0.25, 0.3) is 21.8 Å². The number of likely N-dealkylation sites (tertiary alicyclic amines) is 1. The van der Waals surface area contributed by atoms with Crippen molar-refractivity contribution in [1.82, 2.24) is 19.7 Å². The zero-order valence-corrected chi connectivity index (χ0v) is 18.2. The van der Waals surface area contributed by atoms with Crippen LogP contribution in [-0.4, -0.2) is 45.3 Å². The zero-order chi connectivity index (χ0) is 22.6. The number of aryl methyl sites for hydroxylation is 2. The predicted octanol–water partition coefficient (Wildman–Crippen LogP) is 3.75. The molecule has 4 aromatic rings. The molecule has 5 rings (SSSR count). The van der Waals surface area contributed by atoms with E-state index in [1.807, 2.05) is 26.1 Å². The molecule has 0 saturated carbocycles. The molecule has 32 heavy (non-hydrogen) atoms. The molecule has 2 aromatic heterocycles. The minimum absolute atomic E-state index is 0.158. The van der Waals surface area contributed by atoms with Gasteiger partial charge in [0.2, 0.25) is 0 Å². The maximum absolute atomic E-state index is 14.6. The number of carbonyl (C=O) groups excluding carboxylic acids is 1. The first-order valence-electron chi connectivity index (χ1n) is 10.5. The fourth-order valence-electron chi connectivity index (χ4n) is 4.73. The highest BCUT2D eigenvalue weighted by Gasteiger charge is 2.38. The van der Waals surface area contributed by atoms with E-state index in [0.717, 1.165) is 21.9 Å². The molecule has 0 aliphatic carbocycles. The van der Waals surface area contributed by atoms with Crippen LogP contribution in [-0.2, 0) is 11.8 Å². The Morgan fingerprint density at radius 1 is 1.25 bits per heavy atom. The van der Waals surface area contributed by atoms with Gasteiger partial charge in [-0.1, -0.05) is 18.2 Å². The van der Waals surface area contributed by atoms with E-state index in [9.17, 15) is 9.18 Å². The Hall–Kier alpha value is -3.52. The van der Waals surface area contributed by atoms with Crippen molar-refractivity contribution in [2.45, 2.75) is 25.5 Å². The lowest BCUT2D eigenvalue weighted by molar-refractivity contribution is 0.0686. The quantitative estimate of drug-likeness (QED) is 0.532. The summed E-state index contributed by atoms with van der Waals surface area (Å²) in [5, 5.41) is 5.85. The Balaban J connectivity index is 1.64. The van der Waals surface area contributed by atoms with Gasteiger partial charge in [0.15, 0.2) is 0 Å². The number of halogens is 1. The standard InChI is InChI=1S/C24H24FN5O2/c1-13-8-20-17(22-18(23(26)28-20)11-27-29(22)2)10-16(13)24(31)30-12-14(32-3)9-21(30)15-6-4-5-7-19(15)25/h4-8,10-11,14,21H,9,12H2,1-3H3,(H2,26,28). The molecule has 8 heteroatoms. The van der Waals surface area contributed by atoms with Crippen molar-refractivity contribution in [3.05, 3.63) is 65.1 Å². The Kier molecular flexibility index (Phi) is 4.82. The second-order valence-electron chi connectivity index (χ2n) is 8.30. The summed E-state index contributed by atoms with van der Waals surface area (Å²) in [5.74, 6) is -0.0796. The molecule has 0 spiro atoms. The van der Waals surface area contributed by atoms with Gasteiger partial charge in [-0.25, -0.2) is 9.37 Å². The first-order valence-corrected chi connectivity index (χ1v) is 10.5. The number of carbonyl (C=O) groups is 1. The number of pyridine rings is 1. The van der Waals surface area contributed by atoms with Gasteiger partial charge in [0, 0.05) is 43.6 Å². The van der Waals surface area contributed by atoms with Gasteiger partial charge in [-0.05, 0) is 30.7 Å². The lowest BCUT2D eigenvalue weighted by Gasteiger charge is -2.26. The number of anilines is 1. The average molecular weight is 433 g/mol. The number of hydrogen-bond acceptors (Lipinski definition) is 5. The van der Waals surface area contributed by atoms with E-state index in [2.05, 4.69) is 10.1 Å². The van der Waals surface area contributed by atoms with E-state index in [4.69, 9.17) is 10.5 Å². The van der Waals surface area contributed by atoms with E-state index in [1.54, 1.807) is 41.1 Å². The molecular weight excluding hydrogens is 409 g/mol. The van der Waals surface area contributed by atoms with E-state index < -0.39 is 6.04 Å². The van der Waals surface area contributed by atoms with Crippen LogP contribution in [0.1, 0.15) is 33.9 Å². The first kappa shape index (κ1) is 20.4. The predicted molar refractivity (Wildman–Crippen MR) is 121 cm³/mol. The largest absolute Gasteiger partial charge is 0.383 e. The topological polar surface area (TPSA) is 86.3 Å². The first-order chi connectivity index (χ1) is 15.4. The van der Waals surface area contributed by atoms with Crippen LogP contribution in [0.2, 0.25) is 0 Å².